The van der Waals surface area contributed by atoms with Crippen molar-refractivity contribution in [2.75, 3.05) is 5.32 Å². The topological polar surface area (TPSA) is 89.8 Å². The van der Waals surface area contributed by atoms with E-state index in [0.717, 1.165) is 24.0 Å². The number of rotatable bonds is 7. The van der Waals surface area contributed by atoms with Crippen LogP contribution in [0.4, 0.5) is 5.69 Å². The number of tetrazole rings is 1. The van der Waals surface area contributed by atoms with E-state index in [0.29, 0.717) is 23.1 Å². The molecule has 1 fully saturated rings. The second-order valence-electron chi connectivity index (χ2n) is 7.10. The van der Waals surface area contributed by atoms with E-state index in [-0.39, 0.29) is 24.5 Å². The van der Waals surface area contributed by atoms with E-state index >= 15 is 0 Å². The maximum atomic E-state index is 12.3. The molecule has 0 unspecified atom stereocenters. The molecule has 1 aliphatic rings. The Kier molecular flexibility index (Phi) is 4.97. The van der Waals surface area contributed by atoms with Crippen LogP contribution in [0.1, 0.15) is 47.6 Å². The highest BCUT2D eigenvalue weighted by atomic mass is 16.2. The van der Waals surface area contributed by atoms with Crippen molar-refractivity contribution in [2.45, 2.75) is 38.6 Å². The predicted octanol–water partition coefficient (Wildman–Crippen LogP) is 3.59. The Labute approximate surface area is 162 Å². The summed E-state index contributed by atoms with van der Waals surface area (Å²) in [6, 6.07) is 15.2. The van der Waals surface area contributed by atoms with Gasteiger partial charge in [0, 0.05) is 29.7 Å². The van der Waals surface area contributed by atoms with Crippen LogP contribution in [0.2, 0.25) is 0 Å². The summed E-state index contributed by atoms with van der Waals surface area (Å²) in [5, 5.41) is 14.8. The normalized spacial score (nSPS) is 13.3. The Bertz CT molecular complexity index is 1010. The molecule has 0 aliphatic heterocycles. The minimum atomic E-state index is -0.195. The second-order valence-corrected chi connectivity index (χ2v) is 7.10. The zero-order valence-electron chi connectivity index (χ0n) is 15.6. The Morgan fingerprint density at radius 1 is 1.11 bits per heavy atom. The lowest BCUT2D eigenvalue weighted by molar-refractivity contribution is -0.116. The lowest BCUT2D eigenvalue weighted by Crippen LogP contribution is -2.13. The van der Waals surface area contributed by atoms with Crippen LogP contribution < -0.4 is 5.32 Å². The maximum Gasteiger partial charge on any atom is 0.224 e. The van der Waals surface area contributed by atoms with E-state index in [1.165, 1.54) is 0 Å². The van der Waals surface area contributed by atoms with Crippen LogP contribution in [0.25, 0.3) is 11.4 Å². The number of nitrogens with one attached hydrogen (secondary N) is 1. The van der Waals surface area contributed by atoms with Crippen LogP contribution in [0.3, 0.4) is 0 Å². The molecule has 4 rings (SSSR count). The van der Waals surface area contributed by atoms with E-state index < -0.39 is 0 Å². The van der Waals surface area contributed by atoms with Crippen molar-refractivity contribution in [3.05, 3.63) is 59.7 Å². The van der Waals surface area contributed by atoms with E-state index in [1.54, 1.807) is 12.1 Å². The van der Waals surface area contributed by atoms with E-state index in [4.69, 9.17) is 0 Å². The third-order valence-electron chi connectivity index (χ3n) is 4.74. The Hall–Kier alpha value is -3.35. The molecule has 1 amide bonds. The van der Waals surface area contributed by atoms with Crippen molar-refractivity contribution in [2.24, 2.45) is 0 Å². The van der Waals surface area contributed by atoms with Gasteiger partial charge in [0.1, 0.15) is 0 Å². The number of anilines is 1. The zero-order chi connectivity index (χ0) is 19.5. The van der Waals surface area contributed by atoms with E-state index in [2.05, 4.69) is 20.8 Å². The van der Waals surface area contributed by atoms with Gasteiger partial charge in [-0.15, -0.1) is 5.10 Å². The van der Waals surface area contributed by atoms with Gasteiger partial charge in [-0.3, -0.25) is 9.59 Å². The minimum absolute atomic E-state index is 0.0347. The molecule has 0 spiro atoms. The van der Waals surface area contributed by atoms with E-state index in [9.17, 15) is 9.59 Å². The van der Waals surface area contributed by atoms with Gasteiger partial charge >= 0.3 is 0 Å². The smallest absolute Gasteiger partial charge is 0.224 e. The fourth-order valence-electron chi connectivity index (χ4n) is 3.02. The van der Waals surface area contributed by atoms with Gasteiger partial charge in [-0.05, 0) is 42.3 Å². The van der Waals surface area contributed by atoms with Gasteiger partial charge in [-0.1, -0.05) is 42.0 Å². The summed E-state index contributed by atoms with van der Waals surface area (Å²) in [5.41, 5.74) is 3.25. The van der Waals surface area contributed by atoms with Crippen LogP contribution in [0.15, 0.2) is 48.5 Å². The Morgan fingerprint density at radius 3 is 2.64 bits per heavy atom. The standard InChI is InChI=1S/C21H21N5O2/c1-14-5-7-15(8-6-14)19(27)11-12-20(28)22-17-4-2-3-16(13-17)21-23-24-25-26(21)18-9-10-18/h2-8,13,18H,9-12H2,1H3,(H,22,28). The third kappa shape index (κ3) is 4.14. The first kappa shape index (κ1) is 18.0. The quantitative estimate of drug-likeness (QED) is 0.638. The molecule has 142 valence electrons. The summed E-state index contributed by atoms with van der Waals surface area (Å²) in [6.07, 6.45) is 2.48. The lowest BCUT2D eigenvalue weighted by Gasteiger charge is -2.08. The Balaban J connectivity index is 1.37. The summed E-state index contributed by atoms with van der Waals surface area (Å²) in [6.45, 7) is 1.97. The van der Waals surface area contributed by atoms with Crippen molar-refractivity contribution in [1.82, 2.24) is 20.2 Å². The fraction of sp³-hybridized carbons (Fsp3) is 0.286. The molecule has 1 N–H and O–H groups in total. The van der Waals surface area contributed by atoms with Crippen LogP contribution >= 0.6 is 0 Å². The molecule has 0 saturated heterocycles. The number of hydrogen-bond donors (Lipinski definition) is 1. The van der Waals surface area contributed by atoms with Crippen LogP contribution in [-0.2, 0) is 4.79 Å². The largest absolute Gasteiger partial charge is 0.326 e. The number of nitrogens with zero attached hydrogens (tertiary/aromatic N) is 4. The maximum absolute atomic E-state index is 12.3. The van der Waals surface area contributed by atoms with E-state index in [1.807, 2.05) is 48.0 Å². The molecule has 28 heavy (non-hydrogen) atoms. The molecule has 1 heterocycles. The van der Waals surface area contributed by atoms with Crippen molar-refractivity contribution in [1.29, 1.82) is 0 Å². The third-order valence-corrected chi connectivity index (χ3v) is 4.74. The molecule has 1 saturated carbocycles. The minimum Gasteiger partial charge on any atom is -0.326 e. The van der Waals surface area contributed by atoms with Gasteiger partial charge in [0.2, 0.25) is 5.91 Å². The first-order chi connectivity index (χ1) is 13.6. The molecular weight excluding hydrogens is 354 g/mol. The number of hydrogen-bond acceptors (Lipinski definition) is 5. The molecular formula is C21H21N5O2. The number of amides is 1. The molecule has 0 atom stereocenters. The Morgan fingerprint density at radius 2 is 1.89 bits per heavy atom. The summed E-state index contributed by atoms with van der Waals surface area (Å²) >= 11 is 0. The van der Waals surface area contributed by atoms with Gasteiger partial charge in [-0.2, -0.15) is 0 Å². The first-order valence-electron chi connectivity index (χ1n) is 9.38. The van der Waals surface area contributed by atoms with Crippen LogP contribution in [0, 0.1) is 6.92 Å². The number of ketones is 1. The molecule has 0 bridgehead atoms. The molecule has 3 aromatic rings. The average Bonchev–Trinajstić information content (AvgIpc) is 3.43. The summed E-state index contributed by atoms with van der Waals surface area (Å²) < 4.78 is 1.83. The number of aromatic nitrogens is 4. The first-order valence-corrected chi connectivity index (χ1v) is 9.38. The average molecular weight is 375 g/mol. The van der Waals surface area contributed by atoms with Crippen molar-refractivity contribution in [3.63, 3.8) is 0 Å². The summed E-state index contributed by atoms with van der Waals surface area (Å²) in [4.78, 5) is 24.5. The highest BCUT2D eigenvalue weighted by Crippen LogP contribution is 2.36. The second kappa shape index (κ2) is 7.72. The lowest BCUT2D eigenvalue weighted by atomic mass is 10.0. The van der Waals surface area contributed by atoms with Crippen LogP contribution in [-0.4, -0.2) is 31.9 Å². The monoisotopic (exact) mass is 375 g/mol. The molecule has 1 aromatic heterocycles. The van der Waals surface area contributed by atoms with Gasteiger partial charge < -0.3 is 5.32 Å². The highest BCUT2D eigenvalue weighted by Gasteiger charge is 2.28. The molecule has 1 aliphatic carbocycles. The number of aryl methyl sites for hydroxylation is 1. The van der Waals surface area contributed by atoms with Gasteiger partial charge in [0.25, 0.3) is 0 Å². The predicted molar refractivity (Wildman–Crippen MR) is 105 cm³/mol. The highest BCUT2D eigenvalue weighted by molar-refractivity contribution is 6.00. The molecule has 7 nitrogen and oxygen atoms in total. The number of carbonyl (C=O) groups excluding carboxylic acids is 2. The summed E-state index contributed by atoms with van der Waals surface area (Å²) in [5.74, 6) is 0.472. The van der Waals surface area contributed by atoms with Gasteiger partial charge in [0.15, 0.2) is 11.6 Å². The van der Waals surface area contributed by atoms with Crippen molar-refractivity contribution < 1.29 is 9.59 Å². The summed E-state index contributed by atoms with van der Waals surface area (Å²) in [7, 11) is 0. The van der Waals surface area contributed by atoms with Gasteiger partial charge in [-0.25, -0.2) is 4.68 Å². The SMILES string of the molecule is Cc1ccc(C(=O)CCC(=O)Nc2cccc(-c3nnnn3C3CC3)c2)cc1. The number of benzene rings is 2. The number of Topliss-reactive ketones (excluding diaryl/α,β-unsaturated/α-hetero) is 1. The fourth-order valence-corrected chi connectivity index (χ4v) is 3.02. The molecule has 7 heteroatoms. The van der Waals surface area contributed by atoms with Gasteiger partial charge in [0.05, 0.1) is 6.04 Å². The molecule has 2 aromatic carbocycles. The molecule has 0 radical (unpaired) electrons. The van der Waals surface area contributed by atoms with Crippen molar-refractivity contribution in [3.8, 4) is 11.4 Å². The number of carbonyl (C=O) groups is 2. The zero-order valence-corrected chi connectivity index (χ0v) is 15.6. The van der Waals surface area contributed by atoms with Crippen molar-refractivity contribution >= 4 is 17.4 Å². The van der Waals surface area contributed by atoms with Crippen LogP contribution in [0.5, 0.6) is 0 Å².